The van der Waals surface area contributed by atoms with Crippen LogP contribution < -0.4 is 16.6 Å². The lowest BCUT2D eigenvalue weighted by atomic mass is 9.45. The van der Waals surface area contributed by atoms with Crippen LogP contribution in [0.1, 0.15) is 124 Å². The number of nitrogens with zero attached hydrogens (tertiary/aromatic N) is 4. The monoisotopic (exact) mass is 1190 g/mol. The number of aromatic amines is 1. The van der Waals surface area contributed by atoms with Gasteiger partial charge in [0, 0.05) is 59.8 Å². The summed E-state index contributed by atoms with van der Waals surface area (Å²) in [5.41, 5.74) is 1.42. The topological polar surface area (TPSA) is 349 Å². The summed E-state index contributed by atoms with van der Waals surface area (Å²) < 4.78 is 50.9. The number of rotatable bonds is 18. The number of hydrogen-bond acceptors (Lipinski definition) is 20. The summed E-state index contributed by atoms with van der Waals surface area (Å²) in [6.07, 6.45) is -12.2. The molecule has 456 valence electrons. The van der Waals surface area contributed by atoms with Crippen LogP contribution in [0.4, 0.5) is 0 Å². The summed E-state index contributed by atoms with van der Waals surface area (Å²) in [5, 5.41) is 32.8. The van der Waals surface area contributed by atoms with Gasteiger partial charge in [0.25, 0.3) is 11.5 Å². The number of carbonyl (C=O) groups excluding carboxylic acids is 7. The average molecular weight is 1190 g/mol. The molecule has 0 spiro atoms. The van der Waals surface area contributed by atoms with Gasteiger partial charge in [-0.05, 0) is 73.2 Å². The van der Waals surface area contributed by atoms with E-state index in [2.05, 4.69) is 20.3 Å². The van der Waals surface area contributed by atoms with Gasteiger partial charge in [0.2, 0.25) is 0 Å². The van der Waals surface area contributed by atoms with Crippen LogP contribution in [-0.2, 0) is 61.9 Å². The van der Waals surface area contributed by atoms with Gasteiger partial charge < -0.3 is 53.4 Å². The first kappa shape index (κ1) is 62.1. The summed E-state index contributed by atoms with van der Waals surface area (Å²) >= 11 is 0. The van der Waals surface area contributed by atoms with Crippen molar-refractivity contribution in [1.29, 1.82) is 0 Å². The number of nitrogens with one attached hydrogen (secondary N) is 2. The summed E-state index contributed by atoms with van der Waals surface area (Å²) in [7, 11) is 0. The Kier molecular flexibility index (Phi) is 17.9. The SMILES string of the molecule is CC(=O)O[C@@H]1C2=C(C)[C@@H](OC(=O)[C@H](O)[C@@H](NC(=O)c3ccccc3)c3ccccc3)C[C@@](O)([C@@H](OC(=O)c3ccccc3)C3[C@@](C)(CC[C@H]4OC[C@@]34OC(C)=O)[C@H]1OC(=O)CCC(=O)OC[C@H]1O[C@@H](n3cc(C)c(=O)[nH]c3=O)C[C@@H]1N=[N+]=[N-])C2(C)C. The third-order valence-corrected chi connectivity index (χ3v) is 17.6. The Morgan fingerprint density at radius 3 is 2.10 bits per heavy atom. The number of aromatic nitrogens is 2. The quantitative estimate of drug-likeness (QED) is 0.0246. The number of ether oxygens (including phenoxy) is 8. The Bertz CT molecular complexity index is 3480. The Morgan fingerprint density at radius 2 is 1.49 bits per heavy atom. The Labute approximate surface area is 492 Å². The van der Waals surface area contributed by atoms with E-state index in [0.29, 0.717) is 5.56 Å². The lowest BCUT2D eigenvalue weighted by Crippen LogP contribution is -2.80. The van der Waals surface area contributed by atoms with Gasteiger partial charge in [-0.1, -0.05) is 92.6 Å². The zero-order valence-corrected chi connectivity index (χ0v) is 48.4. The number of hydrogen-bond donors (Lipinski definition) is 4. The van der Waals surface area contributed by atoms with Crippen molar-refractivity contribution in [2.75, 3.05) is 13.2 Å². The molecule has 4 fully saturated rings. The van der Waals surface area contributed by atoms with Gasteiger partial charge in [-0.2, -0.15) is 0 Å². The highest BCUT2D eigenvalue weighted by Crippen LogP contribution is 2.66. The van der Waals surface area contributed by atoms with Crippen molar-refractivity contribution < 1.29 is 81.7 Å². The van der Waals surface area contributed by atoms with Gasteiger partial charge in [-0.15, -0.1) is 0 Å². The summed E-state index contributed by atoms with van der Waals surface area (Å²) in [5.74, 6) is -7.91. The molecule has 4 N–H and O–H groups in total. The predicted molar refractivity (Wildman–Crippen MR) is 299 cm³/mol. The van der Waals surface area contributed by atoms with Crippen LogP contribution in [0.5, 0.6) is 0 Å². The van der Waals surface area contributed by atoms with Crippen molar-refractivity contribution in [2.45, 2.75) is 159 Å². The predicted octanol–water partition coefficient (Wildman–Crippen LogP) is 5.26. The molecule has 0 radical (unpaired) electrons. The van der Waals surface area contributed by atoms with Crippen molar-refractivity contribution in [1.82, 2.24) is 14.9 Å². The largest absolute Gasteiger partial charge is 0.463 e. The molecule has 86 heavy (non-hydrogen) atoms. The molecule has 1 unspecified atom stereocenters. The Balaban J connectivity index is 1.10. The molecule has 1 aromatic heterocycles. The molecule has 2 saturated heterocycles. The van der Waals surface area contributed by atoms with E-state index in [0.717, 1.165) is 11.5 Å². The number of amides is 1. The highest BCUT2D eigenvalue weighted by Gasteiger charge is 2.77. The molecule has 2 saturated carbocycles. The summed E-state index contributed by atoms with van der Waals surface area (Å²) in [4.78, 5) is 129. The first-order valence-electron chi connectivity index (χ1n) is 28.2. The van der Waals surface area contributed by atoms with Gasteiger partial charge in [0.05, 0.1) is 43.0 Å². The fourth-order valence-corrected chi connectivity index (χ4v) is 13.3. The molecule has 2 bridgehead atoms. The number of aliphatic hydroxyl groups is 2. The van der Waals surface area contributed by atoms with E-state index in [1.807, 2.05) is 0 Å². The third kappa shape index (κ3) is 11.9. The molecule has 25 heteroatoms. The van der Waals surface area contributed by atoms with E-state index >= 15 is 0 Å². The number of carbonyl (C=O) groups is 7. The lowest BCUT2D eigenvalue weighted by Gasteiger charge is -2.68. The van der Waals surface area contributed by atoms with Crippen molar-refractivity contribution in [2.24, 2.45) is 21.9 Å². The fourth-order valence-electron chi connectivity index (χ4n) is 13.3. The maximum Gasteiger partial charge on any atom is 0.338 e. The minimum atomic E-state index is -2.42. The van der Waals surface area contributed by atoms with Crippen LogP contribution in [0.3, 0.4) is 0 Å². The molecule has 3 aromatic carbocycles. The molecular formula is C61H68N6O19. The second-order valence-electron chi connectivity index (χ2n) is 23.2. The number of H-pyrrole nitrogens is 1. The molecule has 3 heterocycles. The van der Waals surface area contributed by atoms with Crippen LogP contribution in [0.25, 0.3) is 10.4 Å². The van der Waals surface area contributed by atoms with Crippen LogP contribution in [-0.4, -0.2) is 135 Å². The minimum absolute atomic E-state index is 0.0188. The third-order valence-electron chi connectivity index (χ3n) is 17.6. The standard InChI is InChI=1S/C61H68N6O19/c1-32-29-67(57(77)64-53(32)73)43-27-39(65-66-62)41(82-43)30-79-44(70)23-24-45(71)84-51-49(81-34(3)68)46-33(2)40(83-56(76)48(72)47(36-17-11-8-12-18-36)63-54(74)37-19-13-9-14-20-37)28-61(78,58(46,5)6)52(85-55(75)38-21-15-10-16-22-38)50-59(51,7)26-25-42-60(50,31-80-42)86-35(4)69/h8-22,29,39-43,47-52,72,78H,23-28,30-31H2,1-7H3,(H,63,74)(H,64,73,77)/t39-,40-,41+,42+,43+,47-,48+,49+,50?,51-,52-,59+,60-,61+/m0/s1. The first-order chi connectivity index (χ1) is 40.8. The van der Waals surface area contributed by atoms with Crippen LogP contribution in [0, 0.1) is 23.7 Å². The zero-order valence-electron chi connectivity index (χ0n) is 48.4. The average Bonchev–Trinajstić information content (AvgIpc) is 0.732. The van der Waals surface area contributed by atoms with E-state index in [1.54, 1.807) is 107 Å². The highest BCUT2D eigenvalue weighted by atomic mass is 16.6. The Hall–Kier alpha value is -8.48. The van der Waals surface area contributed by atoms with E-state index in [-0.39, 0.29) is 53.7 Å². The van der Waals surface area contributed by atoms with Gasteiger partial charge in [0.1, 0.15) is 49.0 Å². The van der Waals surface area contributed by atoms with E-state index < -0.39 is 168 Å². The second kappa shape index (κ2) is 24.9. The first-order valence-corrected chi connectivity index (χ1v) is 28.2. The fraction of sp³-hybridized carbons (Fsp3) is 0.492. The van der Waals surface area contributed by atoms with E-state index in [9.17, 15) is 58.9 Å². The molecule has 1 amide bonds. The van der Waals surface area contributed by atoms with Crippen molar-refractivity contribution in [3.8, 4) is 0 Å². The van der Waals surface area contributed by atoms with Gasteiger partial charge >= 0.3 is 41.5 Å². The molecule has 14 atom stereocenters. The molecule has 5 aliphatic rings. The van der Waals surface area contributed by atoms with E-state index in [4.69, 9.17) is 37.9 Å². The van der Waals surface area contributed by atoms with E-state index in [1.165, 1.54) is 32.2 Å². The summed E-state index contributed by atoms with van der Waals surface area (Å²) in [6.45, 7) is 9.33. The molecule has 3 aliphatic carbocycles. The van der Waals surface area contributed by atoms with Crippen molar-refractivity contribution in [3.63, 3.8) is 0 Å². The van der Waals surface area contributed by atoms with Crippen molar-refractivity contribution in [3.05, 3.63) is 162 Å². The number of azide groups is 1. The van der Waals surface area contributed by atoms with Crippen molar-refractivity contribution >= 4 is 41.7 Å². The second-order valence-corrected chi connectivity index (χ2v) is 23.2. The molecule has 9 rings (SSSR count). The number of fused-ring (bicyclic) bond motifs is 5. The van der Waals surface area contributed by atoms with Gasteiger partial charge in [-0.25, -0.2) is 14.4 Å². The molecule has 2 aliphatic heterocycles. The smallest absolute Gasteiger partial charge is 0.338 e. The minimum Gasteiger partial charge on any atom is -0.463 e. The van der Waals surface area contributed by atoms with Crippen LogP contribution in [0.15, 0.2) is 123 Å². The van der Waals surface area contributed by atoms with Crippen LogP contribution >= 0.6 is 0 Å². The maximum absolute atomic E-state index is 14.8. The lowest BCUT2D eigenvalue weighted by molar-refractivity contribution is -0.349. The molecule has 4 aromatic rings. The van der Waals surface area contributed by atoms with Crippen LogP contribution in [0.2, 0.25) is 0 Å². The van der Waals surface area contributed by atoms with Gasteiger partial charge in [-0.3, -0.25) is 38.3 Å². The number of aliphatic hydroxyl groups excluding tert-OH is 1. The maximum atomic E-state index is 14.8. The summed E-state index contributed by atoms with van der Waals surface area (Å²) in [6, 6.07) is 21.8. The zero-order chi connectivity index (χ0) is 62.0. The van der Waals surface area contributed by atoms with Gasteiger partial charge in [0.15, 0.2) is 17.8 Å². The highest BCUT2D eigenvalue weighted by molar-refractivity contribution is 5.95. The number of benzene rings is 3. The molecular weight excluding hydrogens is 1120 g/mol. The molecule has 25 nitrogen and oxygen atoms in total. The Morgan fingerprint density at radius 1 is 0.849 bits per heavy atom. The number of esters is 6. The number of aryl methyl sites for hydroxylation is 1. The normalized spacial score (nSPS) is 29.4.